The Kier molecular flexibility index (Phi) is 6.01. The predicted molar refractivity (Wildman–Crippen MR) is 66.4 cm³/mol. The molecule has 106 valence electrons. The van der Waals surface area contributed by atoms with Gasteiger partial charge in [-0.15, -0.1) is 0 Å². The molecule has 0 radical (unpaired) electrons. The molecule has 1 atom stereocenters. The second kappa shape index (κ2) is 7.52. The number of hydrogen-bond acceptors (Lipinski definition) is 3. The molecule has 0 saturated carbocycles. The van der Waals surface area contributed by atoms with Crippen molar-refractivity contribution in [1.29, 1.82) is 0 Å². The van der Waals surface area contributed by atoms with Crippen LogP contribution in [0, 0.1) is 0 Å². The van der Waals surface area contributed by atoms with Crippen LogP contribution in [0.2, 0.25) is 0 Å². The van der Waals surface area contributed by atoms with Crippen LogP contribution in [0.25, 0.3) is 0 Å². The molecule has 0 aliphatic rings. The third-order valence-corrected chi connectivity index (χ3v) is 2.28. The van der Waals surface area contributed by atoms with Crippen LogP contribution in [-0.2, 0) is 0 Å². The van der Waals surface area contributed by atoms with Gasteiger partial charge in [0.15, 0.2) is 0 Å². The number of amides is 2. The summed E-state index contributed by atoms with van der Waals surface area (Å²) in [7, 11) is 0. The van der Waals surface area contributed by atoms with Crippen molar-refractivity contribution in [3.8, 4) is 5.75 Å². The van der Waals surface area contributed by atoms with Gasteiger partial charge in [0.1, 0.15) is 5.75 Å². The molecule has 0 unspecified atom stereocenters. The van der Waals surface area contributed by atoms with E-state index in [1.807, 2.05) is 0 Å². The quantitative estimate of drug-likeness (QED) is 0.744. The summed E-state index contributed by atoms with van der Waals surface area (Å²) in [4.78, 5) is 11.5. The second-order valence-corrected chi connectivity index (χ2v) is 3.91. The minimum Gasteiger partial charge on any atom is -0.435 e. The van der Waals surface area contributed by atoms with Crippen molar-refractivity contribution in [2.24, 2.45) is 0 Å². The fraction of sp³-hybridized carbons (Fsp3) is 0.417. The third kappa shape index (κ3) is 6.01. The lowest BCUT2D eigenvalue weighted by atomic mass is 10.2. The minimum atomic E-state index is -2.87. The van der Waals surface area contributed by atoms with Crippen LogP contribution in [0.4, 0.5) is 19.3 Å². The normalized spacial score (nSPS) is 12.1. The number of ether oxygens (including phenoxy) is 1. The largest absolute Gasteiger partial charge is 0.435 e. The van der Waals surface area contributed by atoms with E-state index in [1.54, 1.807) is 6.92 Å². The van der Waals surface area contributed by atoms with Gasteiger partial charge in [0, 0.05) is 18.3 Å². The van der Waals surface area contributed by atoms with Crippen molar-refractivity contribution in [1.82, 2.24) is 5.32 Å². The molecular formula is C12H16F2N2O3. The Morgan fingerprint density at radius 1 is 1.37 bits per heavy atom. The van der Waals surface area contributed by atoms with Crippen LogP contribution >= 0.6 is 0 Å². The smallest absolute Gasteiger partial charge is 0.387 e. The zero-order valence-corrected chi connectivity index (χ0v) is 10.4. The molecular weight excluding hydrogens is 258 g/mol. The molecule has 0 bridgehead atoms. The number of alkyl halides is 2. The SMILES string of the molecule is C[C@H](CCO)NC(=O)Nc1ccc(OC(F)F)cc1. The van der Waals surface area contributed by atoms with Crippen LogP contribution in [0.3, 0.4) is 0 Å². The van der Waals surface area contributed by atoms with E-state index in [0.29, 0.717) is 12.1 Å². The first kappa shape index (κ1) is 15.2. The summed E-state index contributed by atoms with van der Waals surface area (Å²) < 4.78 is 28.0. The first-order chi connectivity index (χ1) is 9.01. The van der Waals surface area contributed by atoms with E-state index in [-0.39, 0.29) is 18.4 Å². The molecule has 0 aliphatic carbocycles. The van der Waals surface area contributed by atoms with Crippen molar-refractivity contribution < 1.29 is 23.4 Å². The maximum absolute atomic E-state index is 11.9. The lowest BCUT2D eigenvalue weighted by Gasteiger charge is -2.13. The molecule has 7 heteroatoms. The second-order valence-electron chi connectivity index (χ2n) is 3.91. The summed E-state index contributed by atoms with van der Waals surface area (Å²) >= 11 is 0. The van der Waals surface area contributed by atoms with Crippen LogP contribution in [0.5, 0.6) is 5.75 Å². The first-order valence-electron chi connectivity index (χ1n) is 5.74. The average molecular weight is 274 g/mol. The van der Waals surface area contributed by atoms with E-state index in [2.05, 4.69) is 15.4 Å². The van der Waals surface area contributed by atoms with Crippen LogP contribution in [-0.4, -0.2) is 30.4 Å². The van der Waals surface area contributed by atoms with Gasteiger partial charge in [-0.1, -0.05) is 0 Å². The van der Waals surface area contributed by atoms with Gasteiger partial charge in [0.25, 0.3) is 0 Å². The molecule has 19 heavy (non-hydrogen) atoms. The Balaban J connectivity index is 2.46. The van der Waals surface area contributed by atoms with Gasteiger partial charge in [0.05, 0.1) is 0 Å². The van der Waals surface area contributed by atoms with Gasteiger partial charge < -0.3 is 20.5 Å². The van der Waals surface area contributed by atoms with Crippen molar-refractivity contribution in [3.05, 3.63) is 24.3 Å². The number of benzene rings is 1. The Hall–Kier alpha value is -1.89. The molecule has 0 saturated heterocycles. The molecule has 1 rings (SSSR count). The number of nitrogens with one attached hydrogen (secondary N) is 2. The summed E-state index contributed by atoms with van der Waals surface area (Å²) in [5.41, 5.74) is 0.454. The monoisotopic (exact) mass is 274 g/mol. The summed E-state index contributed by atoms with van der Waals surface area (Å²) in [5, 5.41) is 13.8. The van der Waals surface area contributed by atoms with Crippen LogP contribution < -0.4 is 15.4 Å². The number of rotatable bonds is 6. The topological polar surface area (TPSA) is 70.6 Å². The molecule has 0 aromatic heterocycles. The summed E-state index contributed by atoms with van der Waals surface area (Å²) in [6.45, 7) is -1.13. The Bertz CT molecular complexity index is 398. The highest BCUT2D eigenvalue weighted by Gasteiger charge is 2.07. The zero-order valence-electron chi connectivity index (χ0n) is 10.4. The van der Waals surface area contributed by atoms with Crippen molar-refractivity contribution in [2.45, 2.75) is 26.0 Å². The average Bonchev–Trinajstić information content (AvgIpc) is 2.31. The lowest BCUT2D eigenvalue weighted by Crippen LogP contribution is -2.36. The highest BCUT2D eigenvalue weighted by atomic mass is 19.3. The number of urea groups is 1. The van der Waals surface area contributed by atoms with Gasteiger partial charge in [-0.3, -0.25) is 0 Å². The molecule has 0 fully saturated rings. The summed E-state index contributed by atoms with van der Waals surface area (Å²) in [6.07, 6.45) is 0.453. The maximum atomic E-state index is 11.9. The lowest BCUT2D eigenvalue weighted by molar-refractivity contribution is -0.0498. The first-order valence-corrected chi connectivity index (χ1v) is 5.74. The van der Waals surface area contributed by atoms with Crippen molar-refractivity contribution >= 4 is 11.7 Å². The van der Waals surface area contributed by atoms with E-state index in [9.17, 15) is 13.6 Å². The van der Waals surface area contributed by atoms with E-state index in [1.165, 1.54) is 24.3 Å². The van der Waals surface area contributed by atoms with Gasteiger partial charge in [0.2, 0.25) is 0 Å². The van der Waals surface area contributed by atoms with Gasteiger partial charge in [-0.2, -0.15) is 8.78 Å². The zero-order chi connectivity index (χ0) is 14.3. The number of anilines is 1. The van der Waals surface area contributed by atoms with E-state index >= 15 is 0 Å². The Morgan fingerprint density at radius 2 is 2.00 bits per heavy atom. The molecule has 0 spiro atoms. The molecule has 0 aliphatic heterocycles. The third-order valence-electron chi connectivity index (χ3n) is 2.28. The van der Waals surface area contributed by atoms with E-state index < -0.39 is 12.6 Å². The van der Waals surface area contributed by atoms with Gasteiger partial charge in [-0.25, -0.2) is 4.79 Å². The fourth-order valence-corrected chi connectivity index (χ4v) is 1.38. The Labute approximate surface area is 109 Å². The van der Waals surface area contributed by atoms with Gasteiger partial charge >= 0.3 is 12.6 Å². The highest BCUT2D eigenvalue weighted by Crippen LogP contribution is 2.17. The molecule has 5 nitrogen and oxygen atoms in total. The number of halogens is 2. The summed E-state index contributed by atoms with van der Waals surface area (Å²) in [6, 6.07) is 4.98. The standard InChI is InChI=1S/C12H16F2N2O3/c1-8(6-7-17)15-12(18)16-9-2-4-10(5-3-9)19-11(13)14/h2-5,8,11,17H,6-7H2,1H3,(H2,15,16,18)/t8-/m1/s1. The number of hydrogen-bond donors (Lipinski definition) is 3. The van der Waals surface area contributed by atoms with E-state index in [4.69, 9.17) is 5.11 Å². The molecule has 1 aromatic carbocycles. The molecule has 2 amide bonds. The van der Waals surface area contributed by atoms with E-state index in [0.717, 1.165) is 0 Å². The number of aliphatic hydroxyl groups is 1. The number of carbonyl (C=O) groups excluding carboxylic acids is 1. The van der Waals surface area contributed by atoms with Crippen LogP contribution in [0.1, 0.15) is 13.3 Å². The van der Waals surface area contributed by atoms with Gasteiger partial charge in [-0.05, 0) is 37.6 Å². The summed E-state index contributed by atoms with van der Waals surface area (Å²) in [5.74, 6) is 0.0228. The van der Waals surface area contributed by atoms with Crippen molar-refractivity contribution in [2.75, 3.05) is 11.9 Å². The maximum Gasteiger partial charge on any atom is 0.387 e. The Morgan fingerprint density at radius 3 is 2.53 bits per heavy atom. The fourth-order valence-electron chi connectivity index (χ4n) is 1.38. The number of aliphatic hydroxyl groups excluding tert-OH is 1. The molecule has 1 aromatic rings. The molecule has 0 heterocycles. The minimum absolute atomic E-state index is 0.0128. The number of carbonyl (C=O) groups is 1. The van der Waals surface area contributed by atoms with Crippen LogP contribution in [0.15, 0.2) is 24.3 Å². The van der Waals surface area contributed by atoms with Crippen molar-refractivity contribution in [3.63, 3.8) is 0 Å². The molecule has 3 N–H and O–H groups in total. The highest BCUT2D eigenvalue weighted by molar-refractivity contribution is 5.89. The predicted octanol–water partition coefficient (Wildman–Crippen LogP) is 2.18.